The van der Waals surface area contributed by atoms with E-state index in [1.54, 1.807) is 0 Å². The van der Waals surface area contributed by atoms with Gasteiger partial charge in [0.1, 0.15) is 5.88 Å². The second-order valence-electron chi connectivity index (χ2n) is 2.01. The lowest BCUT2D eigenvalue weighted by Crippen LogP contribution is -2.06. The minimum absolute atomic E-state index is 0.0734. The summed E-state index contributed by atoms with van der Waals surface area (Å²) in [6.45, 7) is 0. The molecule has 0 amide bonds. The Kier molecular flexibility index (Phi) is 3.07. The molecule has 0 fully saturated rings. The van der Waals surface area contributed by atoms with Crippen molar-refractivity contribution in [1.29, 1.82) is 0 Å². The summed E-state index contributed by atoms with van der Waals surface area (Å²) >= 11 is -1.78. The number of para-hydroxylation sites is 1. The minimum Gasteiger partial charge on any atom is -0.372 e. The predicted octanol–water partition coefficient (Wildman–Crippen LogP) is 1.28. The summed E-state index contributed by atoms with van der Waals surface area (Å²) in [5, 5.41) is 2.79. The van der Waals surface area contributed by atoms with Gasteiger partial charge < -0.3 is 9.87 Å². The smallest absolute Gasteiger partial charge is 0.172 e. The lowest BCUT2D eigenvalue weighted by atomic mass is 10.3. The van der Waals surface area contributed by atoms with Crippen molar-refractivity contribution in [2.45, 2.75) is 0 Å². The first kappa shape index (κ1) is 8.23. The van der Waals surface area contributed by atoms with Crippen molar-refractivity contribution < 1.29 is 8.76 Å². The van der Waals surface area contributed by atoms with E-state index in [4.69, 9.17) is 4.55 Å². The fourth-order valence-corrected chi connectivity index (χ4v) is 0.991. The molecule has 0 saturated heterocycles. The van der Waals surface area contributed by atoms with Gasteiger partial charge in [0.25, 0.3) is 0 Å². The van der Waals surface area contributed by atoms with Crippen molar-refractivity contribution in [1.82, 2.24) is 0 Å². The van der Waals surface area contributed by atoms with E-state index >= 15 is 0 Å². The van der Waals surface area contributed by atoms with Crippen LogP contribution in [0.2, 0.25) is 0 Å². The van der Waals surface area contributed by atoms with Crippen LogP contribution in [0.4, 0.5) is 5.69 Å². The molecule has 3 nitrogen and oxygen atoms in total. The van der Waals surface area contributed by atoms with Crippen LogP contribution in [0.25, 0.3) is 0 Å². The van der Waals surface area contributed by atoms with Gasteiger partial charge in [-0.05, 0) is 12.1 Å². The molecule has 1 rings (SSSR count). The highest BCUT2D eigenvalue weighted by Crippen LogP contribution is 2.03. The fraction of sp³-hybridized carbons (Fsp3) is 0.143. The van der Waals surface area contributed by atoms with Gasteiger partial charge in [-0.3, -0.25) is 0 Å². The van der Waals surface area contributed by atoms with Crippen molar-refractivity contribution >= 4 is 16.8 Å². The summed E-state index contributed by atoms with van der Waals surface area (Å²) in [5.41, 5.74) is 0.856. The van der Waals surface area contributed by atoms with E-state index in [0.29, 0.717) is 0 Å². The average molecular weight is 171 g/mol. The van der Waals surface area contributed by atoms with Crippen LogP contribution < -0.4 is 5.32 Å². The monoisotopic (exact) mass is 171 g/mol. The maximum atomic E-state index is 10.2. The van der Waals surface area contributed by atoms with E-state index < -0.39 is 11.1 Å². The van der Waals surface area contributed by atoms with Crippen LogP contribution in [0.15, 0.2) is 30.3 Å². The number of anilines is 1. The normalized spacial score (nSPS) is 12.5. The van der Waals surface area contributed by atoms with E-state index in [1.807, 2.05) is 30.3 Å². The molecule has 60 valence electrons. The molecule has 1 unspecified atom stereocenters. The van der Waals surface area contributed by atoms with Crippen LogP contribution >= 0.6 is 0 Å². The average Bonchev–Trinajstić information content (AvgIpc) is 2.03. The molecule has 0 aliphatic rings. The van der Waals surface area contributed by atoms with Gasteiger partial charge in [-0.1, -0.05) is 18.2 Å². The Morgan fingerprint density at radius 2 is 2.00 bits per heavy atom. The maximum absolute atomic E-state index is 10.2. The molecular weight excluding hydrogens is 162 g/mol. The summed E-state index contributed by atoms with van der Waals surface area (Å²) in [6.07, 6.45) is 0. The number of hydrogen-bond acceptors (Lipinski definition) is 2. The molecule has 2 N–H and O–H groups in total. The molecule has 1 aromatic carbocycles. The molecule has 0 aromatic heterocycles. The van der Waals surface area contributed by atoms with Crippen LogP contribution in [0.1, 0.15) is 0 Å². The highest BCUT2D eigenvalue weighted by molar-refractivity contribution is 7.79. The van der Waals surface area contributed by atoms with Crippen molar-refractivity contribution in [2.24, 2.45) is 0 Å². The summed E-state index contributed by atoms with van der Waals surface area (Å²) < 4.78 is 18.6. The maximum Gasteiger partial charge on any atom is 0.172 e. The molecule has 1 atom stereocenters. The zero-order valence-electron chi connectivity index (χ0n) is 5.86. The van der Waals surface area contributed by atoms with Crippen molar-refractivity contribution in [3.05, 3.63) is 30.3 Å². The third-order valence-electron chi connectivity index (χ3n) is 1.17. The molecule has 0 bridgehead atoms. The standard InChI is InChI=1S/C7H9NO2S/c9-11(10)6-8-7-4-2-1-3-5-7/h1-5,8H,6H2,(H,9,10). The lowest BCUT2D eigenvalue weighted by molar-refractivity contribution is 0.566. The van der Waals surface area contributed by atoms with Gasteiger partial charge in [0, 0.05) is 5.69 Å². The third kappa shape index (κ3) is 3.15. The molecule has 0 aliphatic heterocycles. The van der Waals surface area contributed by atoms with Crippen LogP contribution in [-0.2, 0) is 11.1 Å². The SMILES string of the molecule is O=S(O)CNc1ccccc1. The van der Waals surface area contributed by atoms with Crippen molar-refractivity contribution in [3.8, 4) is 0 Å². The van der Waals surface area contributed by atoms with Crippen LogP contribution in [0.5, 0.6) is 0 Å². The van der Waals surface area contributed by atoms with Gasteiger partial charge in [0.2, 0.25) is 0 Å². The number of rotatable bonds is 3. The van der Waals surface area contributed by atoms with E-state index in [-0.39, 0.29) is 5.88 Å². The molecule has 1 aromatic rings. The van der Waals surface area contributed by atoms with Crippen LogP contribution in [0.3, 0.4) is 0 Å². The first-order chi connectivity index (χ1) is 5.29. The Hall–Kier alpha value is -0.870. The molecule has 0 spiro atoms. The predicted molar refractivity (Wildman–Crippen MR) is 45.7 cm³/mol. The Bertz CT molecular complexity index is 237. The number of benzene rings is 1. The Balaban J connectivity index is 2.45. The van der Waals surface area contributed by atoms with Crippen molar-refractivity contribution in [3.63, 3.8) is 0 Å². The van der Waals surface area contributed by atoms with E-state index in [9.17, 15) is 4.21 Å². The molecule has 0 aliphatic carbocycles. The van der Waals surface area contributed by atoms with E-state index in [0.717, 1.165) is 5.69 Å². The first-order valence-electron chi connectivity index (χ1n) is 3.15. The molecule has 0 heterocycles. The van der Waals surface area contributed by atoms with Gasteiger partial charge in [0.05, 0.1) is 0 Å². The first-order valence-corrected chi connectivity index (χ1v) is 4.43. The Labute approximate surface area is 67.7 Å². The molecule has 11 heavy (non-hydrogen) atoms. The second kappa shape index (κ2) is 4.10. The molecular formula is C7H9NO2S. The highest BCUT2D eigenvalue weighted by atomic mass is 32.2. The highest BCUT2D eigenvalue weighted by Gasteiger charge is 1.91. The van der Waals surface area contributed by atoms with Gasteiger partial charge in [-0.15, -0.1) is 0 Å². The fourth-order valence-electron chi connectivity index (χ4n) is 0.701. The third-order valence-corrected chi connectivity index (χ3v) is 1.56. The van der Waals surface area contributed by atoms with Crippen LogP contribution in [0, 0.1) is 0 Å². The minimum atomic E-state index is -1.78. The van der Waals surface area contributed by atoms with Gasteiger partial charge in [-0.2, -0.15) is 0 Å². The van der Waals surface area contributed by atoms with E-state index in [2.05, 4.69) is 5.32 Å². The summed E-state index contributed by atoms with van der Waals surface area (Å²) in [7, 11) is 0. The molecule has 0 radical (unpaired) electrons. The quantitative estimate of drug-likeness (QED) is 0.673. The molecule has 0 saturated carbocycles. The summed E-state index contributed by atoms with van der Waals surface area (Å²) in [6, 6.07) is 9.30. The zero-order chi connectivity index (χ0) is 8.10. The van der Waals surface area contributed by atoms with Gasteiger partial charge >= 0.3 is 0 Å². The summed E-state index contributed by atoms with van der Waals surface area (Å²) in [4.78, 5) is 0. The van der Waals surface area contributed by atoms with Crippen molar-refractivity contribution in [2.75, 3.05) is 11.2 Å². The Morgan fingerprint density at radius 3 is 2.55 bits per heavy atom. The van der Waals surface area contributed by atoms with Crippen LogP contribution in [-0.4, -0.2) is 14.6 Å². The summed E-state index contributed by atoms with van der Waals surface area (Å²) in [5.74, 6) is 0.0734. The lowest BCUT2D eigenvalue weighted by Gasteiger charge is -2.00. The zero-order valence-corrected chi connectivity index (χ0v) is 6.67. The second-order valence-corrected chi connectivity index (χ2v) is 2.94. The topological polar surface area (TPSA) is 49.3 Å². The van der Waals surface area contributed by atoms with Gasteiger partial charge in [0.15, 0.2) is 11.1 Å². The number of hydrogen-bond donors (Lipinski definition) is 2. The van der Waals surface area contributed by atoms with Gasteiger partial charge in [-0.25, -0.2) is 4.21 Å². The van der Waals surface area contributed by atoms with E-state index in [1.165, 1.54) is 0 Å². The largest absolute Gasteiger partial charge is 0.372 e. The molecule has 4 heteroatoms. The number of nitrogens with one attached hydrogen (secondary N) is 1. The Morgan fingerprint density at radius 1 is 1.36 bits per heavy atom.